The minimum Gasteiger partial charge on any atom is -0.497 e. The number of alkyl halides is 3. The fourth-order valence-corrected chi connectivity index (χ4v) is 3.49. The Balaban J connectivity index is 0.000000572. The summed E-state index contributed by atoms with van der Waals surface area (Å²) >= 11 is 0. The number of piperazine rings is 1. The molecule has 1 aliphatic rings. The quantitative estimate of drug-likeness (QED) is 0.568. The third-order valence-corrected chi connectivity index (χ3v) is 5.38. The number of nitrogens with one attached hydrogen (secondary N) is 1. The Bertz CT molecular complexity index is 996. The lowest BCUT2D eigenvalue weighted by atomic mass is 10.1. The molecule has 2 N–H and O–H groups in total. The molecule has 1 aliphatic heterocycles. The van der Waals surface area contributed by atoms with Gasteiger partial charge in [-0.25, -0.2) is 4.79 Å². The topological polar surface area (TPSA) is 99.2 Å². The lowest BCUT2D eigenvalue weighted by Gasteiger charge is -2.30. The number of nitrogens with zero attached hydrogens (tertiary/aromatic N) is 2. The van der Waals surface area contributed by atoms with Gasteiger partial charge in [-0.15, -0.1) is 0 Å². The zero-order valence-corrected chi connectivity index (χ0v) is 20.0. The van der Waals surface area contributed by atoms with Gasteiger partial charge >= 0.3 is 12.1 Å². The van der Waals surface area contributed by atoms with Gasteiger partial charge in [-0.3, -0.25) is 9.59 Å². The average Bonchev–Trinajstić information content (AvgIpc) is 2.88. The lowest BCUT2D eigenvalue weighted by molar-refractivity contribution is -0.192. The molecule has 1 fully saturated rings. The Morgan fingerprint density at radius 2 is 1.69 bits per heavy atom. The molecule has 2 amide bonds. The summed E-state index contributed by atoms with van der Waals surface area (Å²) in [5, 5.41) is 10.4. The Kier molecular flexibility index (Phi) is 11.2. The summed E-state index contributed by atoms with van der Waals surface area (Å²) in [5.41, 5.74) is 1.77. The first-order chi connectivity index (χ1) is 17.1. The van der Waals surface area contributed by atoms with Crippen LogP contribution in [-0.2, 0) is 16.0 Å². The van der Waals surface area contributed by atoms with Crippen molar-refractivity contribution in [3.8, 4) is 5.75 Å². The molecule has 0 bridgehead atoms. The van der Waals surface area contributed by atoms with Crippen LogP contribution in [0.5, 0.6) is 5.75 Å². The van der Waals surface area contributed by atoms with E-state index in [-0.39, 0.29) is 18.4 Å². The fourth-order valence-electron chi connectivity index (χ4n) is 3.49. The van der Waals surface area contributed by atoms with Gasteiger partial charge in [0.15, 0.2) is 0 Å². The number of carbonyl (C=O) groups is 3. The standard InChI is InChI=1S/C23H29N3O3.C2HF3O2/c1-29-21-11-5-10-20(17-21)23(28)26(14-6-9-19-7-3-2-4-8-19)18-22(27)25-15-12-24-13-16-25;3-2(4,5)1(6)7/h2-5,7-8,10-11,17,24H,6,9,12-16,18H2,1H3;(H,6,7). The van der Waals surface area contributed by atoms with Crippen molar-refractivity contribution >= 4 is 17.8 Å². The molecule has 36 heavy (non-hydrogen) atoms. The highest BCUT2D eigenvalue weighted by Gasteiger charge is 2.38. The molecule has 0 spiro atoms. The molecule has 0 radical (unpaired) electrons. The molecule has 11 heteroatoms. The molecule has 8 nitrogen and oxygen atoms in total. The number of aliphatic carboxylic acids is 1. The SMILES string of the molecule is COc1cccc(C(=O)N(CCCc2ccccc2)CC(=O)N2CCNCC2)c1.O=C(O)C(F)(F)F. The molecule has 0 saturated carbocycles. The molecule has 3 rings (SSSR count). The minimum atomic E-state index is -5.08. The zero-order chi connectivity index (χ0) is 26.6. The largest absolute Gasteiger partial charge is 0.497 e. The highest BCUT2D eigenvalue weighted by atomic mass is 19.4. The predicted molar refractivity (Wildman–Crippen MR) is 127 cm³/mol. The van der Waals surface area contributed by atoms with E-state index in [1.807, 2.05) is 29.2 Å². The Labute approximate surface area is 207 Å². The molecule has 196 valence electrons. The van der Waals surface area contributed by atoms with Gasteiger partial charge in [0.2, 0.25) is 5.91 Å². The molecule has 0 unspecified atom stereocenters. The first-order valence-electron chi connectivity index (χ1n) is 11.4. The number of hydrogen-bond acceptors (Lipinski definition) is 5. The number of rotatable bonds is 8. The van der Waals surface area contributed by atoms with Gasteiger partial charge < -0.3 is 25.0 Å². The van der Waals surface area contributed by atoms with E-state index >= 15 is 0 Å². The number of benzene rings is 2. The molecular formula is C25H30F3N3O5. The van der Waals surface area contributed by atoms with Crippen LogP contribution in [0.3, 0.4) is 0 Å². The van der Waals surface area contributed by atoms with Crippen LogP contribution in [0.4, 0.5) is 13.2 Å². The van der Waals surface area contributed by atoms with Crippen molar-refractivity contribution in [3.63, 3.8) is 0 Å². The van der Waals surface area contributed by atoms with Crippen molar-refractivity contribution in [2.24, 2.45) is 0 Å². The summed E-state index contributed by atoms with van der Waals surface area (Å²) in [4.78, 5) is 38.3. The van der Waals surface area contributed by atoms with Crippen LogP contribution in [0.2, 0.25) is 0 Å². The fraction of sp³-hybridized carbons (Fsp3) is 0.400. The van der Waals surface area contributed by atoms with E-state index in [0.717, 1.165) is 25.9 Å². The van der Waals surface area contributed by atoms with E-state index in [1.54, 1.807) is 30.2 Å². The maximum atomic E-state index is 13.2. The first-order valence-corrected chi connectivity index (χ1v) is 11.4. The van der Waals surface area contributed by atoms with Crippen molar-refractivity contribution in [1.29, 1.82) is 0 Å². The number of carbonyl (C=O) groups excluding carboxylic acids is 2. The number of methoxy groups -OCH3 is 1. The van der Waals surface area contributed by atoms with Gasteiger partial charge in [-0.1, -0.05) is 36.4 Å². The van der Waals surface area contributed by atoms with E-state index in [4.69, 9.17) is 14.6 Å². The van der Waals surface area contributed by atoms with Gasteiger partial charge in [-0.05, 0) is 36.6 Å². The number of halogens is 3. The third-order valence-electron chi connectivity index (χ3n) is 5.38. The zero-order valence-electron chi connectivity index (χ0n) is 20.0. The monoisotopic (exact) mass is 509 g/mol. The Morgan fingerprint density at radius 3 is 2.28 bits per heavy atom. The predicted octanol–water partition coefficient (Wildman–Crippen LogP) is 2.84. The summed E-state index contributed by atoms with van der Waals surface area (Å²) in [6, 6.07) is 17.3. The van der Waals surface area contributed by atoms with E-state index in [0.29, 0.717) is 30.9 Å². The van der Waals surface area contributed by atoms with Crippen LogP contribution < -0.4 is 10.1 Å². The smallest absolute Gasteiger partial charge is 0.490 e. The van der Waals surface area contributed by atoms with Gasteiger partial charge in [-0.2, -0.15) is 13.2 Å². The second kappa shape index (κ2) is 14.1. The Morgan fingerprint density at radius 1 is 1.06 bits per heavy atom. The highest BCUT2D eigenvalue weighted by molar-refractivity contribution is 5.96. The molecule has 0 aromatic heterocycles. The molecular weight excluding hydrogens is 479 g/mol. The van der Waals surface area contributed by atoms with E-state index < -0.39 is 12.1 Å². The van der Waals surface area contributed by atoms with Crippen molar-refractivity contribution in [2.75, 3.05) is 46.4 Å². The van der Waals surface area contributed by atoms with Gasteiger partial charge in [0.25, 0.3) is 5.91 Å². The molecule has 1 saturated heterocycles. The summed E-state index contributed by atoms with van der Waals surface area (Å²) in [6.07, 6.45) is -3.42. The number of aryl methyl sites for hydroxylation is 1. The van der Waals surface area contributed by atoms with Gasteiger partial charge in [0.1, 0.15) is 12.3 Å². The van der Waals surface area contributed by atoms with Crippen LogP contribution in [-0.4, -0.2) is 85.2 Å². The van der Waals surface area contributed by atoms with Crippen LogP contribution >= 0.6 is 0 Å². The lowest BCUT2D eigenvalue weighted by Crippen LogP contribution is -2.50. The second-order valence-corrected chi connectivity index (χ2v) is 7.98. The number of hydrogen-bond donors (Lipinski definition) is 2. The van der Waals surface area contributed by atoms with Crippen LogP contribution in [0, 0.1) is 0 Å². The molecule has 1 heterocycles. The maximum Gasteiger partial charge on any atom is 0.490 e. The van der Waals surface area contributed by atoms with Crippen LogP contribution in [0.25, 0.3) is 0 Å². The number of carboxylic acid groups (broad SMARTS) is 1. The number of amides is 2. The summed E-state index contributed by atoms with van der Waals surface area (Å²) < 4.78 is 37.0. The average molecular weight is 510 g/mol. The molecule has 0 aliphatic carbocycles. The normalized spacial score (nSPS) is 13.3. The number of ether oxygens (including phenoxy) is 1. The van der Waals surface area contributed by atoms with E-state index in [1.165, 1.54) is 5.56 Å². The number of carboxylic acids is 1. The first kappa shape index (κ1) is 28.6. The van der Waals surface area contributed by atoms with E-state index in [2.05, 4.69) is 17.4 Å². The summed E-state index contributed by atoms with van der Waals surface area (Å²) in [6.45, 7) is 3.59. The van der Waals surface area contributed by atoms with Crippen molar-refractivity contribution < 1.29 is 37.4 Å². The van der Waals surface area contributed by atoms with Gasteiger partial charge in [0.05, 0.1) is 7.11 Å². The second-order valence-electron chi connectivity index (χ2n) is 7.98. The van der Waals surface area contributed by atoms with Crippen LogP contribution in [0.15, 0.2) is 54.6 Å². The Hall–Kier alpha value is -3.60. The molecule has 2 aromatic rings. The molecule has 2 aromatic carbocycles. The summed E-state index contributed by atoms with van der Waals surface area (Å²) in [7, 11) is 1.58. The van der Waals surface area contributed by atoms with Crippen molar-refractivity contribution in [1.82, 2.24) is 15.1 Å². The highest BCUT2D eigenvalue weighted by Crippen LogP contribution is 2.16. The van der Waals surface area contributed by atoms with Crippen LogP contribution in [0.1, 0.15) is 22.3 Å². The van der Waals surface area contributed by atoms with Crippen molar-refractivity contribution in [3.05, 3.63) is 65.7 Å². The maximum absolute atomic E-state index is 13.2. The van der Waals surface area contributed by atoms with Gasteiger partial charge in [0, 0.05) is 38.3 Å². The minimum absolute atomic E-state index is 0.00228. The summed E-state index contributed by atoms with van der Waals surface area (Å²) in [5.74, 6) is -2.26. The van der Waals surface area contributed by atoms with Crippen molar-refractivity contribution in [2.45, 2.75) is 19.0 Å². The molecule has 0 atom stereocenters. The van der Waals surface area contributed by atoms with E-state index in [9.17, 15) is 22.8 Å². The third kappa shape index (κ3) is 9.57.